The highest BCUT2D eigenvalue weighted by atomic mass is 16.5. The van der Waals surface area contributed by atoms with Gasteiger partial charge < -0.3 is 9.63 Å². The van der Waals surface area contributed by atoms with E-state index >= 15 is 0 Å². The van der Waals surface area contributed by atoms with Crippen LogP contribution in [0.15, 0.2) is 16.8 Å². The van der Waals surface area contributed by atoms with Crippen molar-refractivity contribution in [1.29, 1.82) is 0 Å². The van der Waals surface area contributed by atoms with Crippen LogP contribution < -0.4 is 0 Å². The Bertz CT molecular complexity index is 517. The molecule has 2 aromatic heterocycles. The average Bonchev–Trinajstić information content (AvgIpc) is 2.89. The zero-order valence-electron chi connectivity index (χ0n) is 9.33. The highest BCUT2D eigenvalue weighted by molar-refractivity contribution is 5.84. The summed E-state index contributed by atoms with van der Waals surface area (Å²) in [5.41, 5.74) is -0.00158. The van der Waals surface area contributed by atoms with Crippen molar-refractivity contribution in [3.05, 3.63) is 29.7 Å². The molecule has 0 bridgehead atoms. The molecule has 2 heterocycles. The lowest BCUT2D eigenvalue weighted by Crippen LogP contribution is -2.04. The average molecular weight is 236 g/mol. The standard InChI is InChI=1S/C10H12N4O3/c1-2-3-8-11-9(17-13-8)6-14-5-4-7(12-14)10(15)16/h4-5H,2-3,6H2,1H3,(H,15,16). The molecule has 90 valence electrons. The van der Waals surface area contributed by atoms with Crippen LogP contribution in [0, 0.1) is 0 Å². The van der Waals surface area contributed by atoms with Crippen LogP contribution in [0.3, 0.4) is 0 Å². The Morgan fingerprint density at radius 1 is 1.59 bits per heavy atom. The first-order valence-corrected chi connectivity index (χ1v) is 5.27. The highest BCUT2D eigenvalue weighted by Crippen LogP contribution is 2.03. The molecule has 0 aromatic carbocycles. The number of carboxylic acids is 1. The Morgan fingerprint density at radius 3 is 3.06 bits per heavy atom. The SMILES string of the molecule is CCCc1noc(Cn2ccc(C(=O)O)n2)n1. The fraction of sp³-hybridized carbons (Fsp3) is 0.400. The molecular weight excluding hydrogens is 224 g/mol. The minimum absolute atomic E-state index is 0.00158. The Kier molecular flexibility index (Phi) is 3.17. The van der Waals surface area contributed by atoms with Gasteiger partial charge in [0.2, 0.25) is 5.89 Å². The third-order valence-electron chi connectivity index (χ3n) is 2.14. The molecule has 0 fully saturated rings. The van der Waals surface area contributed by atoms with Crippen LogP contribution in [0.25, 0.3) is 0 Å². The third-order valence-corrected chi connectivity index (χ3v) is 2.14. The van der Waals surface area contributed by atoms with Crippen LogP contribution in [-0.2, 0) is 13.0 Å². The van der Waals surface area contributed by atoms with E-state index in [0.29, 0.717) is 11.7 Å². The molecule has 0 spiro atoms. The quantitative estimate of drug-likeness (QED) is 0.831. The van der Waals surface area contributed by atoms with E-state index in [4.69, 9.17) is 9.63 Å². The number of rotatable bonds is 5. The van der Waals surface area contributed by atoms with Crippen molar-refractivity contribution in [2.75, 3.05) is 0 Å². The molecule has 7 nitrogen and oxygen atoms in total. The number of hydrogen-bond donors (Lipinski definition) is 1. The molecule has 0 radical (unpaired) electrons. The molecule has 0 atom stereocenters. The van der Waals surface area contributed by atoms with Crippen LogP contribution in [0.4, 0.5) is 0 Å². The highest BCUT2D eigenvalue weighted by Gasteiger charge is 2.10. The van der Waals surface area contributed by atoms with Gasteiger partial charge in [0.15, 0.2) is 11.5 Å². The van der Waals surface area contributed by atoms with Gasteiger partial charge >= 0.3 is 5.97 Å². The summed E-state index contributed by atoms with van der Waals surface area (Å²) in [6, 6.07) is 1.42. The maximum atomic E-state index is 10.6. The minimum atomic E-state index is -1.05. The summed E-state index contributed by atoms with van der Waals surface area (Å²) >= 11 is 0. The molecule has 1 N–H and O–H groups in total. The van der Waals surface area contributed by atoms with Gasteiger partial charge in [0, 0.05) is 12.6 Å². The number of carboxylic acid groups (broad SMARTS) is 1. The zero-order chi connectivity index (χ0) is 12.3. The van der Waals surface area contributed by atoms with Gasteiger partial charge in [-0.3, -0.25) is 4.68 Å². The molecule has 17 heavy (non-hydrogen) atoms. The first-order chi connectivity index (χ1) is 8.19. The lowest BCUT2D eigenvalue weighted by molar-refractivity contribution is 0.0689. The molecule has 0 amide bonds. The summed E-state index contributed by atoms with van der Waals surface area (Å²) in [4.78, 5) is 14.8. The first-order valence-electron chi connectivity index (χ1n) is 5.27. The summed E-state index contributed by atoms with van der Waals surface area (Å²) in [5.74, 6) is 0.0301. The Morgan fingerprint density at radius 2 is 2.41 bits per heavy atom. The van der Waals surface area contributed by atoms with Crippen molar-refractivity contribution >= 4 is 5.97 Å². The number of nitrogens with zero attached hydrogens (tertiary/aromatic N) is 4. The maximum absolute atomic E-state index is 10.6. The Hall–Kier alpha value is -2.18. The predicted octanol–water partition coefficient (Wildman–Crippen LogP) is 0.965. The van der Waals surface area contributed by atoms with Crippen molar-refractivity contribution < 1.29 is 14.4 Å². The number of aromatic carboxylic acids is 1. The molecule has 2 rings (SSSR count). The molecule has 7 heteroatoms. The van der Waals surface area contributed by atoms with Crippen molar-refractivity contribution in [2.24, 2.45) is 0 Å². The molecule has 0 aliphatic heterocycles. The largest absolute Gasteiger partial charge is 0.476 e. The maximum Gasteiger partial charge on any atom is 0.356 e. The van der Waals surface area contributed by atoms with E-state index in [1.807, 2.05) is 6.92 Å². The zero-order valence-corrected chi connectivity index (χ0v) is 9.33. The van der Waals surface area contributed by atoms with E-state index in [1.165, 1.54) is 10.7 Å². The van der Waals surface area contributed by atoms with E-state index in [1.54, 1.807) is 6.20 Å². The van der Waals surface area contributed by atoms with Crippen molar-refractivity contribution in [1.82, 2.24) is 19.9 Å². The minimum Gasteiger partial charge on any atom is -0.476 e. The molecular formula is C10H12N4O3. The molecule has 0 aliphatic carbocycles. The summed E-state index contributed by atoms with van der Waals surface area (Å²) < 4.78 is 6.47. The third kappa shape index (κ3) is 2.68. The van der Waals surface area contributed by atoms with Crippen molar-refractivity contribution in [3.8, 4) is 0 Å². The lowest BCUT2D eigenvalue weighted by Gasteiger charge is -1.94. The number of aryl methyl sites for hydroxylation is 1. The Labute approximate surface area is 97.1 Å². The second-order valence-electron chi connectivity index (χ2n) is 3.56. The van der Waals surface area contributed by atoms with Gasteiger partial charge in [-0.15, -0.1) is 0 Å². The molecule has 0 saturated carbocycles. The molecule has 0 saturated heterocycles. The van der Waals surface area contributed by atoms with Gasteiger partial charge in [0.25, 0.3) is 0 Å². The smallest absolute Gasteiger partial charge is 0.356 e. The molecule has 0 aliphatic rings. The van der Waals surface area contributed by atoms with Crippen molar-refractivity contribution in [3.63, 3.8) is 0 Å². The fourth-order valence-electron chi connectivity index (χ4n) is 1.38. The van der Waals surface area contributed by atoms with Gasteiger partial charge in [-0.25, -0.2) is 4.79 Å². The van der Waals surface area contributed by atoms with Crippen LogP contribution in [0.2, 0.25) is 0 Å². The summed E-state index contributed by atoms with van der Waals surface area (Å²) in [6.07, 6.45) is 3.28. The number of hydrogen-bond acceptors (Lipinski definition) is 5. The normalized spacial score (nSPS) is 10.6. The number of carbonyl (C=O) groups is 1. The lowest BCUT2D eigenvalue weighted by atomic mass is 10.3. The van der Waals surface area contributed by atoms with E-state index in [9.17, 15) is 4.79 Å². The second kappa shape index (κ2) is 4.77. The molecule has 0 unspecified atom stereocenters. The van der Waals surface area contributed by atoms with Gasteiger partial charge in [-0.2, -0.15) is 10.1 Å². The topological polar surface area (TPSA) is 94.0 Å². The van der Waals surface area contributed by atoms with Gasteiger partial charge in [0.05, 0.1) is 0 Å². The van der Waals surface area contributed by atoms with Crippen LogP contribution in [0.5, 0.6) is 0 Å². The number of aromatic nitrogens is 4. The van der Waals surface area contributed by atoms with E-state index in [-0.39, 0.29) is 12.2 Å². The predicted molar refractivity (Wildman–Crippen MR) is 56.6 cm³/mol. The second-order valence-corrected chi connectivity index (χ2v) is 3.56. The fourth-order valence-corrected chi connectivity index (χ4v) is 1.38. The summed E-state index contributed by atoms with van der Waals surface area (Å²) in [5, 5.41) is 16.4. The van der Waals surface area contributed by atoms with Crippen LogP contribution in [-0.4, -0.2) is 31.0 Å². The van der Waals surface area contributed by atoms with Crippen LogP contribution in [0.1, 0.15) is 35.5 Å². The Balaban J connectivity index is 2.05. The van der Waals surface area contributed by atoms with E-state index in [2.05, 4.69) is 15.2 Å². The van der Waals surface area contributed by atoms with Crippen LogP contribution >= 0.6 is 0 Å². The van der Waals surface area contributed by atoms with Gasteiger partial charge in [-0.1, -0.05) is 12.1 Å². The first kappa shape index (κ1) is 11.3. The monoisotopic (exact) mass is 236 g/mol. The van der Waals surface area contributed by atoms with Gasteiger partial charge in [-0.05, 0) is 12.5 Å². The summed E-state index contributed by atoms with van der Waals surface area (Å²) in [6.45, 7) is 2.31. The molecule has 2 aromatic rings. The van der Waals surface area contributed by atoms with Crippen molar-refractivity contribution in [2.45, 2.75) is 26.3 Å². The van der Waals surface area contributed by atoms with E-state index in [0.717, 1.165) is 12.8 Å². The van der Waals surface area contributed by atoms with Gasteiger partial charge in [0.1, 0.15) is 6.54 Å². The summed E-state index contributed by atoms with van der Waals surface area (Å²) in [7, 11) is 0. The van der Waals surface area contributed by atoms with E-state index < -0.39 is 5.97 Å².